The van der Waals surface area contributed by atoms with Gasteiger partial charge >= 0.3 is 39.9 Å². The maximum atomic E-state index is 13.1. The summed E-state index contributed by atoms with van der Waals surface area (Å²) in [6.45, 7) is 0.528. The summed E-state index contributed by atoms with van der Waals surface area (Å²) in [5.41, 5.74) is 2.89. The molecule has 8 bridgehead atoms. The van der Waals surface area contributed by atoms with E-state index in [1.807, 2.05) is 0 Å². The van der Waals surface area contributed by atoms with Gasteiger partial charge in [-0.2, -0.15) is 12.7 Å². The molecule has 0 aromatic carbocycles. The van der Waals surface area contributed by atoms with Crippen LogP contribution in [-0.2, 0) is 24.1 Å². The molecule has 8 fully saturated rings. The van der Waals surface area contributed by atoms with Crippen LogP contribution in [0.2, 0.25) is 0 Å². The number of nitrogens with one attached hydrogen (secondary N) is 1. The summed E-state index contributed by atoms with van der Waals surface area (Å²) in [4.78, 5) is 0. The average Bonchev–Trinajstić information content (AvgIpc) is 2.68. The van der Waals surface area contributed by atoms with Crippen molar-refractivity contribution in [2.75, 3.05) is 13.1 Å². The molecule has 7 nitrogen and oxygen atoms in total. The van der Waals surface area contributed by atoms with Gasteiger partial charge < -0.3 is 1.43 Å². The molecular formula is C24H38N3NaO4S2. The van der Waals surface area contributed by atoms with Crippen molar-refractivity contribution in [3.63, 3.8) is 0 Å². The van der Waals surface area contributed by atoms with Gasteiger partial charge in [-0.3, -0.25) is 0 Å². The molecule has 1 unspecified atom stereocenters. The van der Waals surface area contributed by atoms with Gasteiger partial charge in [0.25, 0.3) is 0 Å². The van der Waals surface area contributed by atoms with Crippen LogP contribution in [-0.4, -0.2) is 30.0 Å². The fourth-order valence-corrected chi connectivity index (χ4v) is 10.9. The van der Waals surface area contributed by atoms with E-state index in [1.165, 1.54) is 79.7 Å². The number of nitrogens with two attached hydrogens (primary N) is 1. The molecule has 8 aliphatic rings. The zero-order valence-electron chi connectivity index (χ0n) is 21.2. The molecule has 1 atom stereocenters. The molecule has 0 spiro atoms. The van der Waals surface area contributed by atoms with Crippen LogP contribution in [0.1, 0.15) is 65.6 Å². The standard InChI is InChI=1S/C24H37N3O4S2.Na.H/c25-32(28,31-33(26,29)30)27(3-1-23-19-7-15-5-16(9-19)10-20(23)8-15)4-2-24-21-11-17-6-18(13-21)14-22(24)12-17;;/h1-2,15-22,25H,3-14H2,(H2,26,29,30);;/q;+1;-1. The first-order chi connectivity index (χ1) is 15.6. The average molecular weight is 520 g/mol. The van der Waals surface area contributed by atoms with Gasteiger partial charge in [0.05, 0.1) is 0 Å². The molecule has 0 radical (unpaired) electrons. The fraction of sp³-hybridized carbons (Fsp3) is 0.833. The van der Waals surface area contributed by atoms with E-state index < -0.39 is 20.5 Å². The summed E-state index contributed by atoms with van der Waals surface area (Å²) >= 11 is 0. The van der Waals surface area contributed by atoms with Gasteiger partial charge in [-0.05, 0) is 112 Å². The molecule has 10 heteroatoms. The molecule has 8 saturated carbocycles. The zero-order chi connectivity index (χ0) is 23.0. The number of hydrogen-bond acceptors (Lipinski definition) is 5. The molecule has 8 rings (SSSR count). The maximum Gasteiger partial charge on any atom is 1.00 e. The first kappa shape index (κ1) is 25.9. The molecular weight excluding hydrogens is 481 g/mol. The van der Waals surface area contributed by atoms with Gasteiger partial charge in [0.1, 0.15) is 0 Å². The third kappa shape index (κ3) is 5.15. The van der Waals surface area contributed by atoms with Gasteiger partial charge in [-0.1, -0.05) is 23.3 Å². The van der Waals surface area contributed by atoms with Crippen LogP contribution in [0.5, 0.6) is 0 Å². The Morgan fingerprint density at radius 2 is 1.09 bits per heavy atom. The topological polar surface area (TPSA) is 114 Å². The van der Waals surface area contributed by atoms with Gasteiger partial charge in [0, 0.05) is 13.1 Å². The molecule has 3 N–H and O–H groups in total. The van der Waals surface area contributed by atoms with E-state index >= 15 is 0 Å². The Labute approximate surface area is 228 Å². The molecule has 8 aliphatic carbocycles. The van der Waals surface area contributed by atoms with Gasteiger partial charge in [0.15, 0.2) is 0 Å². The van der Waals surface area contributed by atoms with Crippen molar-refractivity contribution >= 4 is 20.5 Å². The van der Waals surface area contributed by atoms with Crippen LogP contribution in [0.25, 0.3) is 0 Å². The number of rotatable bonds is 7. The van der Waals surface area contributed by atoms with Crippen molar-refractivity contribution in [1.82, 2.24) is 4.31 Å². The monoisotopic (exact) mass is 519 g/mol. The Kier molecular flexibility index (Phi) is 7.26. The van der Waals surface area contributed by atoms with Crippen molar-refractivity contribution in [2.24, 2.45) is 52.5 Å². The van der Waals surface area contributed by atoms with Crippen LogP contribution in [0.3, 0.4) is 0 Å². The van der Waals surface area contributed by atoms with Crippen molar-refractivity contribution in [3.05, 3.63) is 23.3 Å². The molecule has 0 amide bonds. The van der Waals surface area contributed by atoms with E-state index in [0.717, 1.165) is 23.7 Å². The SMILES string of the molecule is N=S(=O)(OS(N)(=O)=O)N(CC=C1C2CC3CC(C2)CC1C3)CC=C1C2CC3CC(C2)CC1C3.[H-].[Na+]. The smallest absolute Gasteiger partial charge is 1.00 e. The number of hydrogen-bond donors (Lipinski definition) is 2. The van der Waals surface area contributed by atoms with E-state index in [4.69, 9.17) is 9.92 Å². The number of allylic oxidation sites excluding steroid dienone is 2. The predicted molar refractivity (Wildman–Crippen MR) is 128 cm³/mol. The molecule has 34 heavy (non-hydrogen) atoms. The summed E-state index contributed by atoms with van der Waals surface area (Å²) in [5.74, 6) is 5.83. The fourth-order valence-electron chi connectivity index (χ4n) is 8.98. The van der Waals surface area contributed by atoms with E-state index in [-0.39, 0.29) is 44.1 Å². The predicted octanol–water partition coefficient (Wildman–Crippen LogP) is 1.27. The normalized spacial score (nSPS) is 41.5. The van der Waals surface area contributed by atoms with Crippen LogP contribution in [0, 0.1) is 52.1 Å². The minimum Gasteiger partial charge on any atom is -1.00 e. The Balaban J connectivity index is 0.00000144. The summed E-state index contributed by atoms with van der Waals surface area (Å²) in [6, 6.07) is 0. The summed E-state index contributed by atoms with van der Waals surface area (Å²) in [5, 5.41) is 5.02. The zero-order valence-corrected chi connectivity index (χ0v) is 23.9. The second-order valence-electron chi connectivity index (χ2n) is 11.9. The van der Waals surface area contributed by atoms with E-state index in [1.54, 1.807) is 0 Å². The Morgan fingerprint density at radius 3 is 1.38 bits per heavy atom. The molecule has 0 aliphatic heterocycles. The minimum absolute atomic E-state index is 0. The number of nitrogens with zero attached hydrogens (tertiary/aromatic N) is 1. The van der Waals surface area contributed by atoms with Gasteiger partial charge in [-0.25, -0.2) is 14.1 Å². The summed E-state index contributed by atoms with van der Waals surface area (Å²) < 4.78 is 50.5. The molecule has 0 saturated heterocycles. The van der Waals surface area contributed by atoms with Crippen LogP contribution >= 0.6 is 0 Å². The van der Waals surface area contributed by atoms with E-state index in [2.05, 4.69) is 15.8 Å². The molecule has 0 aromatic heterocycles. The summed E-state index contributed by atoms with van der Waals surface area (Å²) in [6.07, 6.45) is 17.0. The van der Waals surface area contributed by atoms with E-state index in [9.17, 15) is 12.6 Å². The second kappa shape index (κ2) is 9.53. The first-order valence-electron chi connectivity index (χ1n) is 12.8. The molecule has 0 heterocycles. The Morgan fingerprint density at radius 1 is 0.765 bits per heavy atom. The van der Waals surface area contributed by atoms with Crippen molar-refractivity contribution in [3.8, 4) is 0 Å². The first-order valence-corrected chi connectivity index (χ1v) is 15.7. The molecule has 0 aromatic rings. The largest absolute Gasteiger partial charge is 1.00 e. The van der Waals surface area contributed by atoms with Crippen molar-refractivity contribution < 1.29 is 47.2 Å². The van der Waals surface area contributed by atoms with Crippen LogP contribution in [0.15, 0.2) is 23.3 Å². The Bertz CT molecular complexity index is 978. The maximum absolute atomic E-state index is 13.1. The summed E-state index contributed by atoms with van der Waals surface area (Å²) in [7, 11) is -8.49. The van der Waals surface area contributed by atoms with Crippen LogP contribution in [0.4, 0.5) is 0 Å². The minimum atomic E-state index is -4.49. The third-order valence-electron chi connectivity index (χ3n) is 9.75. The quantitative estimate of drug-likeness (QED) is 0.389. The van der Waals surface area contributed by atoms with E-state index in [0.29, 0.717) is 23.7 Å². The third-order valence-corrected chi connectivity index (χ3v) is 12.2. The Hall–Kier alpha value is 0.260. The second-order valence-corrected chi connectivity index (χ2v) is 14.9. The van der Waals surface area contributed by atoms with Gasteiger partial charge in [0.2, 0.25) is 10.2 Å². The molecule has 186 valence electrons. The van der Waals surface area contributed by atoms with Crippen molar-refractivity contribution in [2.45, 2.75) is 64.2 Å². The van der Waals surface area contributed by atoms with Crippen LogP contribution < -0.4 is 34.7 Å². The van der Waals surface area contributed by atoms with Gasteiger partial charge in [-0.15, -0.1) is 3.63 Å². The van der Waals surface area contributed by atoms with Crippen molar-refractivity contribution in [1.29, 1.82) is 4.78 Å².